The average molecular weight is 351 g/mol. The second kappa shape index (κ2) is 5.87. The van der Waals surface area contributed by atoms with E-state index in [1.165, 1.54) is 28.0 Å². The molecule has 25 heavy (non-hydrogen) atoms. The minimum absolute atomic E-state index is 0.0272. The highest BCUT2D eigenvalue weighted by atomic mass is 32.1. The number of aromatic nitrogens is 4. The molecule has 1 aromatic carbocycles. The maximum Gasteiger partial charge on any atom is 0.291 e. The summed E-state index contributed by atoms with van der Waals surface area (Å²) in [6.07, 6.45) is 4.86. The molecule has 0 N–H and O–H groups in total. The number of non-ortho nitro benzene ring substituents is 1. The summed E-state index contributed by atoms with van der Waals surface area (Å²) in [4.78, 5) is 31.6. The van der Waals surface area contributed by atoms with Crippen molar-refractivity contribution in [2.24, 2.45) is 0 Å². The summed E-state index contributed by atoms with van der Waals surface area (Å²) in [5.74, 6) is 0.452. The predicted octanol–water partition coefficient (Wildman–Crippen LogP) is 1.67. The van der Waals surface area contributed by atoms with E-state index in [1.54, 1.807) is 42.7 Å². The number of fused-ring (bicyclic) bond motifs is 1. The van der Waals surface area contributed by atoms with Crippen molar-refractivity contribution in [1.29, 1.82) is 0 Å². The largest absolute Gasteiger partial charge is 0.291 e. The lowest BCUT2D eigenvalue weighted by Crippen LogP contribution is -2.23. The van der Waals surface area contributed by atoms with Gasteiger partial charge in [0.05, 0.1) is 9.46 Å². The highest BCUT2D eigenvalue weighted by Crippen LogP contribution is 2.16. The van der Waals surface area contributed by atoms with E-state index in [1.807, 2.05) is 0 Å². The van der Waals surface area contributed by atoms with E-state index in [9.17, 15) is 14.9 Å². The Labute approximate surface area is 143 Å². The summed E-state index contributed by atoms with van der Waals surface area (Å²) >= 11 is 1.18. The number of nitrogens with zero attached hydrogens (tertiary/aromatic N) is 5. The Bertz CT molecular complexity index is 1200. The number of hydrogen-bond acceptors (Lipinski definition) is 7. The third kappa shape index (κ3) is 2.76. The minimum Gasteiger partial charge on any atom is -0.266 e. The number of nitro benzene ring substituents is 1. The van der Waals surface area contributed by atoms with E-state index < -0.39 is 4.92 Å². The highest BCUT2D eigenvalue weighted by molar-refractivity contribution is 7.15. The predicted molar refractivity (Wildman–Crippen MR) is 92.2 cm³/mol. The van der Waals surface area contributed by atoms with Crippen LogP contribution in [0.4, 0.5) is 5.69 Å². The first-order valence-corrected chi connectivity index (χ1v) is 7.99. The molecule has 0 saturated heterocycles. The molecule has 0 aliphatic rings. The first kappa shape index (κ1) is 15.1. The second-order valence-electron chi connectivity index (χ2n) is 5.13. The van der Waals surface area contributed by atoms with Crippen molar-refractivity contribution >= 4 is 28.1 Å². The zero-order valence-electron chi connectivity index (χ0n) is 12.6. The molecule has 0 unspecified atom stereocenters. The summed E-state index contributed by atoms with van der Waals surface area (Å²) in [7, 11) is 0. The van der Waals surface area contributed by atoms with Crippen LogP contribution >= 0.6 is 11.3 Å². The van der Waals surface area contributed by atoms with Gasteiger partial charge in [-0.2, -0.15) is 9.50 Å². The fraction of sp³-hybridized carbons (Fsp3) is 0. The Balaban J connectivity index is 1.81. The van der Waals surface area contributed by atoms with Crippen LogP contribution in [0.3, 0.4) is 0 Å². The van der Waals surface area contributed by atoms with Crippen molar-refractivity contribution in [3.63, 3.8) is 0 Å². The van der Waals surface area contributed by atoms with Crippen molar-refractivity contribution in [3.05, 3.63) is 79.4 Å². The smallest absolute Gasteiger partial charge is 0.266 e. The van der Waals surface area contributed by atoms with Crippen LogP contribution in [0.2, 0.25) is 0 Å². The normalized spacial score (nSPS) is 11.9. The van der Waals surface area contributed by atoms with Crippen molar-refractivity contribution in [1.82, 2.24) is 19.6 Å². The number of thiazole rings is 1. The average Bonchev–Trinajstić information content (AvgIpc) is 3.16. The van der Waals surface area contributed by atoms with Crippen LogP contribution in [0.1, 0.15) is 5.56 Å². The van der Waals surface area contributed by atoms with Gasteiger partial charge in [-0.25, -0.2) is 0 Å². The Hall–Kier alpha value is -3.46. The molecule has 0 aliphatic carbocycles. The Kier molecular flexibility index (Phi) is 3.55. The van der Waals surface area contributed by atoms with E-state index in [2.05, 4.69) is 15.1 Å². The molecule has 3 heterocycles. The molecule has 9 heteroatoms. The number of rotatable bonds is 3. The van der Waals surface area contributed by atoms with Crippen LogP contribution in [0.25, 0.3) is 22.4 Å². The molecule has 0 aliphatic heterocycles. The molecular formula is C16H9N5O3S. The van der Waals surface area contributed by atoms with Gasteiger partial charge < -0.3 is 0 Å². The lowest BCUT2D eigenvalue weighted by Gasteiger charge is -1.93. The third-order valence-electron chi connectivity index (χ3n) is 3.50. The Morgan fingerprint density at radius 3 is 2.72 bits per heavy atom. The third-order valence-corrected chi connectivity index (χ3v) is 4.46. The zero-order chi connectivity index (χ0) is 17.4. The van der Waals surface area contributed by atoms with Crippen LogP contribution in [-0.4, -0.2) is 24.5 Å². The van der Waals surface area contributed by atoms with Crippen molar-refractivity contribution in [2.45, 2.75) is 0 Å². The lowest BCUT2D eigenvalue weighted by atomic mass is 10.2. The van der Waals surface area contributed by atoms with Gasteiger partial charge in [0.2, 0.25) is 4.96 Å². The molecule has 0 saturated carbocycles. The van der Waals surface area contributed by atoms with Crippen LogP contribution in [0.5, 0.6) is 0 Å². The molecule has 0 bridgehead atoms. The lowest BCUT2D eigenvalue weighted by molar-refractivity contribution is -0.384. The summed E-state index contributed by atoms with van der Waals surface area (Å²) < 4.78 is 1.65. The molecule has 0 spiro atoms. The number of pyridine rings is 1. The van der Waals surface area contributed by atoms with Gasteiger partial charge in [0.15, 0.2) is 5.82 Å². The van der Waals surface area contributed by atoms with Crippen LogP contribution in [-0.2, 0) is 0 Å². The summed E-state index contributed by atoms with van der Waals surface area (Å²) in [5.41, 5.74) is 1.01. The number of benzene rings is 1. The first-order valence-electron chi connectivity index (χ1n) is 7.18. The van der Waals surface area contributed by atoms with Gasteiger partial charge >= 0.3 is 0 Å². The summed E-state index contributed by atoms with van der Waals surface area (Å²) in [6.45, 7) is 0. The minimum atomic E-state index is -0.473. The summed E-state index contributed by atoms with van der Waals surface area (Å²) in [6, 6.07) is 9.62. The van der Waals surface area contributed by atoms with Crippen molar-refractivity contribution < 1.29 is 4.92 Å². The second-order valence-corrected chi connectivity index (χ2v) is 6.14. The molecule has 0 atom stereocenters. The zero-order valence-corrected chi connectivity index (χ0v) is 13.4. The van der Waals surface area contributed by atoms with Gasteiger partial charge in [-0.15, -0.1) is 5.10 Å². The molecule has 122 valence electrons. The first-order chi connectivity index (χ1) is 12.1. The van der Waals surface area contributed by atoms with Gasteiger partial charge in [-0.05, 0) is 23.8 Å². The molecule has 4 rings (SSSR count). The van der Waals surface area contributed by atoms with E-state index in [-0.39, 0.29) is 11.2 Å². The van der Waals surface area contributed by atoms with Gasteiger partial charge in [0.25, 0.3) is 11.2 Å². The van der Waals surface area contributed by atoms with Gasteiger partial charge in [-0.1, -0.05) is 23.5 Å². The highest BCUT2D eigenvalue weighted by Gasteiger charge is 2.12. The Morgan fingerprint density at radius 1 is 1.20 bits per heavy atom. The van der Waals surface area contributed by atoms with Gasteiger partial charge in [-0.3, -0.25) is 19.9 Å². The number of nitro groups is 1. The van der Waals surface area contributed by atoms with E-state index >= 15 is 0 Å². The number of hydrogen-bond donors (Lipinski definition) is 0. The molecule has 8 nitrogen and oxygen atoms in total. The molecule has 0 radical (unpaired) electrons. The molecule has 4 aromatic rings. The van der Waals surface area contributed by atoms with Crippen molar-refractivity contribution in [2.75, 3.05) is 0 Å². The van der Waals surface area contributed by atoms with Gasteiger partial charge in [0, 0.05) is 30.1 Å². The Morgan fingerprint density at radius 2 is 2.00 bits per heavy atom. The fourth-order valence-electron chi connectivity index (χ4n) is 2.34. The molecular weight excluding hydrogens is 342 g/mol. The van der Waals surface area contributed by atoms with E-state index in [0.717, 1.165) is 5.56 Å². The maximum atomic E-state index is 12.5. The standard InChI is InChI=1S/C16H9N5O3S/c22-15-13(9-10-2-1-3-12(8-10)21(23)24)25-16-18-14(19-20(15)16)11-4-6-17-7-5-11/h1-9H/b13-9+. The maximum absolute atomic E-state index is 12.5. The SMILES string of the molecule is O=c1/c(=C\c2cccc([N+](=O)[O-])c2)sc2nc(-c3ccncc3)nn12. The van der Waals surface area contributed by atoms with E-state index in [0.29, 0.717) is 20.9 Å². The molecule has 3 aromatic heterocycles. The van der Waals surface area contributed by atoms with E-state index in [4.69, 9.17) is 0 Å². The summed E-state index contributed by atoms with van der Waals surface area (Å²) in [5, 5.41) is 15.1. The quantitative estimate of drug-likeness (QED) is 0.411. The van der Waals surface area contributed by atoms with Crippen molar-refractivity contribution in [3.8, 4) is 11.4 Å². The molecule has 0 fully saturated rings. The van der Waals surface area contributed by atoms with Gasteiger partial charge in [0.1, 0.15) is 0 Å². The fourth-order valence-corrected chi connectivity index (χ4v) is 3.24. The van der Waals surface area contributed by atoms with Crippen LogP contribution < -0.4 is 10.1 Å². The molecule has 0 amide bonds. The van der Waals surface area contributed by atoms with Crippen LogP contribution in [0, 0.1) is 10.1 Å². The monoisotopic (exact) mass is 351 g/mol. The topological polar surface area (TPSA) is 103 Å². The van der Waals surface area contributed by atoms with Crippen LogP contribution in [0.15, 0.2) is 53.6 Å².